The molecule has 4 nitrogen and oxygen atoms in total. The zero-order valence-electron chi connectivity index (χ0n) is 9.08. The molecule has 0 amide bonds. The second-order valence-electron chi connectivity index (χ2n) is 2.75. The molecule has 0 aromatic heterocycles. The lowest BCUT2D eigenvalue weighted by molar-refractivity contribution is -0.176. The quantitative estimate of drug-likeness (QED) is 0.361. The summed E-state index contributed by atoms with van der Waals surface area (Å²) in [6.45, 7) is 7.46. The highest BCUT2D eigenvalue weighted by Gasteiger charge is 1.96. The predicted molar refractivity (Wildman–Crippen MR) is 64.8 cm³/mol. The Balaban J connectivity index is 0. The van der Waals surface area contributed by atoms with Crippen molar-refractivity contribution in [2.45, 2.75) is 12.8 Å². The molecule has 0 bridgehead atoms. The fourth-order valence-corrected chi connectivity index (χ4v) is 1.27. The van der Waals surface area contributed by atoms with Crippen LogP contribution in [0.2, 0.25) is 0 Å². The Bertz CT molecular complexity index is 255. The van der Waals surface area contributed by atoms with Gasteiger partial charge in [0.2, 0.25) is 0 Å². The highest BCUT2D eigenvalue weighted by atomic mass is 17.0. The Morgan fingerprint density at radius 3 is 1.38 bits per heavy atom. The lowest BCUT2D eigenvalue weighted by Crippen LogP contribution is -1.89. The number of allylic oxidation sites excluding steroid dienone is 2. The molecule has 0 aliphatic rings. The lowest BCUT2D eigenvalue weighted by atomic mass is 10.0. The molecule has 1 aromatic carbocycles. The van der Waals surface area contributed by atoms with E-state index in [-0.39, 0.29) is 0 Å². The Morgan fingerprint density at radius 2 is 1.12 bits per heavy atom. The average molecular weight is 226 g/mol. The standard InChI is InChI=1S/C12H14.2H2O2/c1-3-7-11-9-5-6-10-12(11)8-4-2;2*1-2/h3-6,9-10H,1-2,7-8H2;2*1-2H. The zero-order chi connectivity index (χ0) is 12.8. The van der Waals surface area contributed by atoms with Crippen LogP contribution in [0.5, 0.6) is 0 Å². The molecule has 1 rings (SSSR count). The van der Waals surface area contributed by atoms with Crippen LogP contribution in [0.25, 0.3) is 0 Å². The molecule has 16 heavy (non-hydrogen) atoms. The van der Waals surface area contributed by atoms with Crippen molar-refractivity contribution in [3.05, 3.63) is 60.7 Å². The third-order valence-electron chi connectivity index (χ3n) is 1.85. The van der Waals surface area contributed by atoms with Gasteiger partial charge in [-0.15, -0.1) is 13.2 Å². The van der Waals surface area contributed by atoms with E-state index in [1.807, 2.05) is 12.2 Å². The summed E-state index contributed by atoms with van der Waals surface area (Å²) in [5, 5.41) is 24.0. The molecule has 0 aliphatic carbocycles. The number of hydrogen-bond donors (Lipinski definition) is 4. The van der Waals surface area contributed by atoms with Crippen molar-refractivity contribution in [2.75, 3.05) is 0 Å². The van der Waals surface area contributed by atoms with Crippen molar-refractivity contribution in [1.29, 1.82) is 0 Å². The molecule has 0 aliphatic heterocycles. The van der Waals surface area contributed by atoms with E-state index in [1.165, 1.54) is 11.1 Å². The molecule has 4 heteroatoms. The Hall–Kier alpha value is -1.46. The largest absolute Gasteiger partial charge is 0.255 e. The summed E-state index contributed by atoms with van der Waals surface area (Å²) in [6, 6.07) is 8.40. The Kier molecular flexibility index (Phi) is 14.3. The molecule has 0 spiro atoms. The van der Waals surface area contributed by atoms with E-state index < -0.39 is 0 Å². The van der Waals surface area contributed by atoms with Gasteiger partial charge in [-0.05, 0) is 24.0 Å². The van der Waals surface area contributed by atoms with Crippen LogP contribution in [0, 0.1) is 0 Å². The van der Waals surface area contributed by atoms with E-state index in [1.54, 1.807) is 0 Å². The number of benzene rings is 1. The summed E-state index contributed by atoms with van der Waals surface area (Å²) < 4.78 is 0. The smallest absolute Gasteiger partial charge is 0.00973 e. The second kappa shape index (κ2) is 13.5. The third kappa shape index (κ3) is 6.92. The fraction of sp³-hybridized carbons (Fsp3) is 0.167. The van der Waals surface area contributed by atoms with Gasteiger partial charge in [0.1, 0.15) is 0 Å². The van der Waals surface area contributed by atoms with Crippen LogP contribution in [0.15, 0.2) is 49.6 Å². The Morgan fingerprint density at radius 1 is 0.812 bits per heavy atom. The average Bonchev–Trinajstić information content (AvgIpc) is 2.37. The van der Waals surface area contributed by atoms with Gasteiger partial charge in [-0.2, -0.15) is 0 Å². The Labute approximate surface area is 95.3 Å². The summed E-state index contributed by atoms with van der Waals surface area (Å²) in [7, 11) is 0. The first-order chi connectivity index (χ1) is 7.88. The van der Waals surface area contributed by atoms with E-state index in [2.05, 4.69) is 37.4 Å². The van der Waals surface area contributed by atoms with Crippen LogP contribution in [0.4, 0.5) is 0 Å². The molecule has 4 N–H and O–H groups in total. The van der Waals surface area contributed by atoms with Crippen molar-refractivity contribution in [2.24, 2.45) is 0 Å². The van der Waals surface area contributed by atoms with Gasteiger partial charge in [0.25, 0.3) is 0 Å². The summed E-state index contributed by atoms with van der Waals surface area (Å²) in [5.74, 6) is 0. The molecule has 0 saturated carbocycles. The SMILES string of the molecule is C=CCc1ccccc1CC=C.OO.OO. The summed E-state index contributed by atoms with van der Waals surface area (Å²) in [5.41, 5.74) is 2.71. The van der Waals surface area contributed by atoms with Crippen LogP contribution < -0.4 is 0 Å². The number of hydrogen-bond acceptors (Lipinski definition) is 4. The second-order valence-corrected chi connectivity index (χ2v) is 2.75. The van der Waals surface area contributed by atoms with Gasteiger partial charge in [0, 0.05) is 0 Å². The maximum absolute atomic E-state index is 6.00. The molecule has 0 fully saturated rings. The van der Waals surface area contributed by atoms with Crippen molar-refractivity contribution >= 4 is 0 Å². The lowest BCUT2D eigenvalue weighted by Gasteiger charge is -2.03. The minimum atomic E-state index is 0.948. The first kappa shape index (κ1) is 17.0. The van der Waals surface area contributed by atoms with Gasteiger partial charge < -0.3 is 0 Å². The molecule has 90 valence electrons. The van der Waals surface area contributed by atoms with Crippen molar-refractivity contribution in [1.82, 2.24) is 0 Å². The molecule has 0 atom stereocenters. The molecule has 1 aromatic rings. The van der Waals surface area contributed by atoms with Gasteiger partial charge in [0.05, 0.1) is 0 Å². The maximum Gasteiger partial charge on any atom is -0.00973 e. The van der Waals surface area contributed by atoms with E-state index in [4.69, 9.17) is 21.0 Å². The van der Waals surface area contributed by atoms with E-state index >= 15 is 0 Å². The third-order valence-corrected chi connectivity index (χ3v) is 1.85. The first-order valence-electron chi connectivity index (χ1n) is 4.57. The highest BCUT2D eigenvalue weighted by molar-refractivity contribution is 5.30. The fourth-order valence-electron chi connectivity index (χ4n) is 1.27. The van der Waals surface area contributed by atoms with Gasteiger partial charge in [-0.1, -0.05) is 36.4 Å². The van der Waals surface area contributed by atoms with Gasteiger partial charge in [-0.25, -0.2) is 0 Å². The highest BCUT2D eigenvalue weighted by Crippen LogP contribution is 2.10. The molecule has 0 heterocycles. The molecule has 0 saturated heterocycles. The normalized spacial score (nSPS) is 7.75. The van der Waals surface area contributed by atoms with Crippen LogP contribution in [0.1, 0.15) is 11.1 Å². The van der Waals surface area contributed by atoms with E-state index in [0.717, 1.165) is 12.8 Å². The molecule has 0 radical (unpaired) electrons. The van der Waals surface area contributed by atoms with Crippen LogP contribution in [0.3, 0.4) is 0 Å². The summed E-state index contributed by atoms with van der Waals surface area (Å²) in [4.78, 5) is 0. The van der Waals surface area contributed by atoms with Crippen molar-refractivity contribution in [3.8, 4) is 0 Å². The van der Waals surface area contributed by atoms with Crippen LogP contribution in [-0.4, -0.2) is 21.0 Å². The maximum atomic E-state index is 6.00. The molecule has 0 unspecified atom stereocenters. The van der Waals surface area contributed by atoms with Gasteiger partial charge in [-0.3, -0.25) is 21.0 Å². The molecular weight excluding hydrogens is 208 g/mol. The summed E-state index contributed by atoms with van der Waals surface area (Å²) in [6.07, 6.45) is 5.76. The monoisotopic (exact) mass is 226 g/mol. The van der Waals surface area contributed by atoms with Crippen molar-refractivity contribution in [3.63, 3.8) is 0 Å². The summed E-state index contributed by atoms with van der Waals surface area (Å²) >= 11 is 0. The minimum Gasteiger partial charge on any atom is -0.255 e. The van der Waals surface area contributed by atoms with E-state index in [9.17, 15) is 0 Å². The minimum absolute atomic E-state index is 0.948. The molecular formula is C12H18O4. The van der Waals surface area contributed by atoms with Gasteiger partial charge in [0.15, 0.2) is 0 Å². The zero-order valence-corrected chi connectivity index (χ0v) is 9.08. The van der Waals surface area contributed by atoms with Gasteiger partial charge >= 0.3 is 0 Å². The van der Waals surface area contributed by atoms with E-state index in [0.29, 0.717) is 0 Å². The topological polar surface area (TPSA) is 80.9 Å². The van der Waals surface area contributed by atoms with Crippen LogP contribution in [-0.2, 0) is 12.8 Å². The predicted octanol–water partition coefficient (Wildman–Crippen LogP) is 3.18. The first-order valence-corrected chi connectivity index (χ1v) is 4.57. The number of rotatable bonds is 4. The van der Waals surface area contributed by atoms with Crippen molar-refractivity contribution < 1.29 is 21.0 Å². The van der Waals surface area contributed by atoms with Crippen LogP contribution >= 0.6 is 0 Å².